The molecule has 134 valence electrons. The number of anilines is 1. The van der Waals surface area contributed by atoms with E-state index in [1.54, 1.807) is 18.2 Å². The van der Waals surface area contributed by atoms with Crippen molar-refractivity contribution in [2.24, 2.45) is 5.92 Å². The Labute approximate surface area is 151 Å². The minimum absolute atomic E-state index is 0.0935. The Morgan fingerprint density at radius 1 is 1.32 bits per heavy atom. The van der Waals surface area contributed by atoms with Gasteiger partial charge in [0.25, 0.3) is 5.91 Å². The molecule has 3 rings (SSSR count). The fourth-order valence-corrected chi connectivity index (χ4v) is 3.99. The highest BCUT2D eigenvalue weighted by molar-refractivity contribution is 8.00. The predicted molar refractivity (Wildman–Crippen MR) is 95.6 cm³/mol. The molecule has 2 N–H and O–H groups in total. The Bertz CT molecular complexity index is 692. The van der Waals surface area contributed by atoms with Crippen molar-refractivity contribution in [1.82, 2.24) is 5.32 Å². The second kappa shape index (κ2) is 7.91. The first-order valence-electron chi connectivity index (χ1n) is 8.56. The van der Waals surface area contributed by atoms with Gasteiger partial charge in [0.1, 0.15) is 0 Å². The number of fused-ring (bicyclic) bond motifs is 1. The zero-order valence-electron chi connectivity index (χ0n) is 14.2. The first kappa shape index (κ1) is 17.8. The molecule has 1 heterocycles. The highest BCUT2D eigenvalue weighted by Gasteiger charge is 2.23. The van der Waals surface area contributed by atoms with E-state index in [4.69, 9.17) is 4.74 Å². The molecule has 2 atom stereocenters. The summed E-state index contributed by atoms with van der Waals surface area (Å²) in [6.07, 6.45) is 4.41. The fraction of sp³-hybridized carbons (Fsp3) is 0.500. The molecule has 7 heteroatoms. The first-order chi connectivity index (χ1) is 12.0. The summed E-state index contributed by atoms with van der Waals surface area (Å²) in [7, 11) is 0. The number of benzene rings is 1. The molecular weight excluding hydrogens is 340 g/mol. The number of thioether (sulfide) groups is 1. The molecule has 0 radical (unpaired) electrons. The van der Waals surface area contributed by atoms with Crippen molar-refractivity contribution in [3.05, 3.63) is 23.8 Å². The van der Waals surface area contributed by atoms with Crippen LogP contribution in [-0.4, -0.2) is 36.2 Å². The van der Waals surface area contributed by atoms with Crippen molar-refractivity contribution in [2.75, 3.05) is 17.7 Å². The van der Waals surface area contributed by atoms with E-state index in [9.17, 15) is 14.4 Å². The summed E-state index contributed by atoms with van der Waals surface area (Å²) >= 11 is 1.43. The molecule has 25 heavy (non-hydrogen) atoms. The SMILES string of the molecule is C[C@H]1CCCC[C@@H]1NC(=O)COC(=O)c1ccc2c(c1)NC(=O)CS2. The van der Waals surface area contributed by atoms with Crippen LogP contribution in [0.4, 0.5) is 5.69 Å². The maximum absolute atomic E-state index is 12.2. The molecule has 2 amide bonds. The van der Waals surface area contributed by atoms with Gasteiger partial charge in [0.05, 0.1) is 17.0 Å². The third kappa shape index (κ3) is 4.54. The van der Waals surface area contributed by atoms with E-state index in [-0.39, 0.29) is 24.5 Å². The van der Waals surface area contributed by atoms with Crippen molar-refractivity contribution in [3.8, 4) is 0 Å². The Balaban J connectivity index is 1.53. The van der Waals surface area contributed by atoms with Gasteiger partial charge < -0.3 is 15.4 Å². The number of nitrogens with one attached hydrogen (secondary N) is 2. The van der Waals surface area contributed by atoms with E-state index >= 15 is 0 Å². The molecule has 0 bridgehead atoms. The van der Waals surface area contributed by atoms with Crippen molar-refractivity contribution in [1.29, 1.82) is 0 Å². The molecule has 1 fully saturated rings. The van der Waals surface area contributed by atoms with Gasteiger partial charge in [0.2, 0.25) is 5.91 Å². The number of ether oxygens (including phenoxy) is 1. The van der Waals surface area contributed by atoms with E-state index in [1.807, 2.05) is 0 Å². The van der Waals surface area contributed by atoms with Crippen molar-refractivity contribution in [2.45, 2.75) is 43.5 Å². The van der Waals surface area contributed by atoms with Gasteiger partial charge >= 0.3 is 5.97 Å². The van der Waals surface area contributed by atoms with E-state index in [1.165, 1.54) is 18.2 Å². The van der Waals surface area contributed by atoms with Gasteiger partial charge in [-0.25, -0.2) is 4.79 Å². The molecule has 0 spiro atoms. The summed E-state index contributed by atoms with van der Waals surface area (Å²) in [5.41, 5.74) is 0.927. The van der Waals surface area contributed by atoms with Gasteiger partial charge in [0.15, 0.2) is 6.61 Å². The normalized spacial score (nSPS) is 22.5. The van der Waals surface area contributed by atoms with Crippen molar-refractivity contribution in [3.63, 3.8) is 0 Å². The van der Waals surface area contributed by atoms with Gasteiger partial charge in [-0.2, -0.15) is 0 Å². The minimum Gasteiger partial charge on any atom is -0.452 e. The summed E-state index contributed by atoms with van der Waals surface area (Å²) in [4.78, 5) is 36.5. The van der Waals surface area contributed by atoms with Crippen LogP contribution < -0.4 is 10.6 Å². The van der Waals surface area contributed by atoms with Crippen LogP contribution in [-0.2, 0) is 14.3 Å². The Morgan fingerprint density at radius 3 is 2.92 bits per heavy atom. The minimum atomic E-state index is -0.570. The van der Waals surface area contributed by atoms with Crippen LogP contribution in [0.5, 0.6) is 0 Å². The zero-order valence-corrected chi connectivity index (χ0v) is 15.0. The third-order valence-corrected chi connectivity index (χ3v) is 5.71. The summed E-state index contributed by atoms with van der Waals surface area (Å²) in [6, 6.07) is 5.17. The van der Waals surface area contributed by atoms with Gasteiger partial charge in [-0.1, -0.05) is 19.8 Å². The maximum atomic E-state index is 12.2. The van der Waals surface area contributed by atoms with E-state index in [2.05, 4.69) is 17.6 Å². The largest absolute Gasteiger partial charge is 0.452 e. The second-order valence-corrected chi connectivity index (χ2v) is 7.58. The van der Waals surface area contributed by atoms with Crippen molar-refractivity contribution < 1.29 is 19.1 Å². The number of hydrogen-bond donors (Lipinski definition) is 2. The smallest absolute Gasteiger partial charge is 0.338 e. The number of amides is 2. The lowest BCUT2D eigenvalue weighted by Crippen LogP contribution is -2.42. The fourth-order valence-electron chi connectivity index (χ4n) is 3.20. The highest BCUT2D eigenvalue weighted by Crippen LogP contribution is 2.32. The van der Waals surface area contributed by atoms with Crippen LogP contribution in [0.15, 0.2) is 23.1 Å². The molecule has 1 aromatic carbocycles. The predicted octanol–water partition coefficient (Wildman–Crippen LogP) is 2.58. The third-order valence-electron chi connectivity index (χ3n) is 4.64. The van der Waals surface area contributed by atoms with E-state index < -0.39 is 5.97 Å². The van der Waals surface area contributed by atoms with Gasteiger partial charge in [-0.3, -0.25) is 9.59 Å². The summed E-state index contributed by atoms with van der Waals surface area (Å²) in [5, 5.41) is 5.69. The highest BCUT2D eigenvalue weighted by atomic mass is 32.2. The molecular formula is C18H22N2O4S. The van der Waals surface area contributed by atoms with E-state index in [0.717, 1.165) is 24.2 Å². The summed E-state index contributed by atoms with van der Waals surface area (Å²) < 4.78 is 5.11. The lowest BCUT2D eigenvalue weighted by molar-refractivity contribution is -0.125. The molecule has 1 saturated carbocycles. The molecule has 2 aliphatic rings. The van der Waals surface area contributed by atoms with Gasteiger partial charge in [-0.15, -0.1) is 11.8 Å². The average molecular weight is 362 g/mol. The van der Waals surface area contributed by atoms with Crippen LogP contribution in [0.25, 0.3) is 0 Å². The standard InChI is InChI=1S/C18H22N2O4S/c1-11-4-2-3-5-13(11)19-16(21)9-24-18(23)12-6-7-15-14(8-12)20-17(22)10-25-15/h6-8,11,13H,2-5,9-10H2,1H3,(H,19,21)(H,20,22)/t11-,13-/m0/s1. The molecule has 1 aromatic rings. The Morgan fingerprint density at radius 2 is 2.12 bits per heavy atom. The maximum Gasteiger partial charge on any atom is 0.338 e. The average Bonchev–Trinajstić information content (AvgIpc) is 2.61. The van der Waals surface area contributed by atoms with Crippen LogP contribution in [0, 0.1) is 5.92 Å². The molecule has 1 aliphatic heterocycles. The second-order valence-electron chi connectivity index (χ2n) is 6.56. The van der Waals surface area contributed by atoms with Gasteiger partial charge in [0, 0.05) is 10.9 Å². The molecule has 0 unspecified atom stereocenters. The number of hydrogen-bond acceptors (Lipinski definition) is 5. The summed E-state index contributed by atoms with van der Waals surface area (Å²) in [5.74, 6) is -0.108. The molecule has 0 saturated heterocycles. The topological polar surface area (TPSA) is 84.5 Å². The first-order valence-corrected chi connectivity index (χ1v) is 9.54. The molecule has 1 aliphatic carbocycles. The molecule has 0 aromatic heterocycles. The van der Waals surface area contributed by atoms with Crippen LogP contribution in [0.1, 0.15) is 43.0 Å². The summed E-state index contributed by atoms with van der Waals surface area (Å²) in [6.45, 7) is 1.84. The molecule has 6 nitrogen and oxygen atoms in total. The Hall–Kier alpha value is -2.02. The monoisotopic (exact) mass is 362 g/mol. The number of carbonyl (C=O) groups excluding carboxylic acids is 3. The quantitative estimate of drug-likeness (QED) is 0.804. The Kier molecular flexibility index (Phi) is 5.63. The van der Waals surface area contributed by atoms with E-state index in [0.29, 0.717) is 22.9 Å². The van der Waals surface area contributed by atoms with Crippen LogP contribution in [0.3, 0.4) is 0 Å². The van der Waals surface area contributed by atoms with Crippen LogP contribution >= 0.6 is 11.8 Å². The number of carbonyl (C=O) groups is 3. The van der Waals surface area contributed by atoms with Gasteiger partial charge in [-0.05, 0) is 37.0 Å². The number of esters is 1. The van der Waals surface area contributed by atoms with Crippen molar-refractivity contribution >= 4 is 35.2 Å². The van der Waals surface area contributed by atoms with Crippen LogP contribution in [0.2, 0.25) is 0 Å². The lowest BCUT2D eigenvalue weighted by atomic mass is 9.86. The lowest BCUT2D eigenvalue weighted by Gasteiger charge is -2.29. The number of rotatable bonds is 4. The zero-order chi connectivity index (χ0) is 17.8.